The van der Waals surface area contributed by atoms with E-state index >= 15 is 0 Å². The van der Waals surface area contributed by atoms with Gasteiger partial charge in [-0.1, -0.05) is 38.1 Å². The molecule has 0 aliphatic carbocycles. The summed E-state index contributed by atoms with van der Waals surface area (Å²) in [6.45, 7) is 9.60. The second-order valence-electron chi connectivity index (χ2n) is 13.4. The van der Waals surface area contributed by atoms with E-state index in [0.29, 0.717) is 33.4 Å². The lowest BCUT2D eigenvalue weighted by atomic mass is 9.68. The molecule has 0 aliphatic heterocycles. The molecular weight excluding hydrogens is 636 g/mol. The molecule has 0 spiro atoms. The summed E-state index contributed by atoms with van der Waals surface area (Å²) in [5.41, 5.74) is 5.12. The van der Waals surface area contributed by atoms with E-state index in [2.05, 4.69) is 13.8 Å². The van der Waals surface area contributed by atoms with Crippen molar-refractivity contribution in [2.75, 3.05) is 28.4 Å². The molecule has 0 radical (unpaired) electrons. The number of carbonyl (C=O) groups is 2. The van der Waals surface area contributed by atoms with Crippen LogP contribution in [-0.4, -0.2) is 55.3 Å². The minimum absolute atomic E-state index is 0.0646. The SMILES string of the molecule is COCc1cc(C(C)(C)c2ccc(C(C)(c3cc(COC)c(O)c(C(C)=O)c3)c3cc(COC)c(O)c(C(C)=O)c3)cc2)cc(COC)c1O. The number of rotatable bonds is 15. The van der Waals surface area contributed by atoms with Crippen LogP contribution in [0.1, 0.15) is 105 Å². The average Bonchev–Trinajstić information content (AvgIpc) is 3.08. The number of hydrogen-bond donors (Lipinski definition) is 3. The highest BCUT2D eigenvalue weighted by molar-refractivity contribution is 5.98. The predicted molar refractivity (Wildman–Crippen MR) is 191 cm³/mol. The Balaban J connectivity index is 2.00. The molecule has 9 heteroatoms. The van der Waals surface area contributed by atoms with Gasteiger partial charge in [-0.3, -0.25) is 9.59 Å². The molecule has 0 atom stereocenters. The van der Waals surface area contributed by atoms with Crippen LogP contribution < -0.4 is 0 Å². The van der Waals surface area contributed by atoms with Crippen molar-refractivity contribution in [3.8, 4) is 17.2 Å². The molecular formula is C41H48O9. The van der Waals surface area contributed by atoms with Gasteiger partial charge >= 0.3 is 0 Å². The van der Waals surface area contributed by atoms with Crippen LogP contribution in [-0.2, 0) is 56.2 Å². The summed E-state index contributed by atoms with van der Waals surface area (Å²) in [6, 6.07) is 19.0. The fraction of sp³-hybridized carbons (Fsp3) is 0.366. The van der Waals surface area contributed by atoms with Crippen molar-refractivity contribution in [1.82, 2.24) is 0 Å². The summed E-state index contributed by atoms with van der Waals surface area (Å²) in [4.78, 5) is 25.6. The van der Waals surface area contributed by atoms with Crippen LogP contribution in [0.3, 0.4) is 0 Å². The summed E-state index contributed by atoms with van der Waals surface area (Å²) in [6.07, 6.45) is 0. The van der Waals surface area contributed by atoms with Crippen LogP contribution in [0.25, 0.3) is 0 Å². The van der Waals surface area contributed by atoms with Gasteiger partial charge in [-0.2, -0.15) is 0 Å². The van der Waals surface area contributed by atoms with E-state index in [1.54, 1.807) is 26.4 Å². The second kappa shape index (κ2) is 15.6. The van der Waals surface area contributed by atoms with Crippen LogP contribution in [0, 0.1) is 0 Å². The van der Waals surface area contributed by atoms with Crippen LogP contribution in [0.2, 0.25) is 0 Å². The van der Waals surface area contributed by atoms with Gasteiger partial charge in [-0.25, -0.2) is 0 Å². The number of aromatic hydroxyl groups is 3. The Bertz CT molecular complexity index is 1770. The zero-order valence-electron chi connectivity index (χ0n) is 30.4. The van der Waals surface area contributed by atoms with E-state index in [0.717, 1.165) is 16.7 Å². The first-order valence-corrected chi connectivity index (χ1v) is 16.3. The molecule has 9 nitrogen and oxygen atoms in total. The third-order valence-electron chi connectivity index (χ3n) is 9.66. The van der Waals surface area contributed by atoms with Gasteiger partial charge in [0.2, 0.25) is 0 Å². The molecule has 4 aromatic carbocycles. The van der Waals surface area contributed by atoms with Crippen molar-refractivity contribution < 1.29 is 43.9 Å². The van der Waals surface area contributed by atoms with Crippen molar-refractivity contribution in [1.29, 1.82) is 0 Å². The number of phenolic OH excluding ortho intramolecular Hbond substituents is 3. The fourth-order valence-electron chi connectivity index (χ4n) is 6.57. The molecule has 0 aromatic heterocycles. The number of benzene rings is 4. The second-order valence-corrected chi connectivity index (χ2v) is 13.4. The maximum Gasteiger partial charge on any atom is 0.163 e. The smallest absolute Gasteiger partial charge is 0.163 e. The highest BCUT2D eigenvalue weighted by Gasteiger charge is 2.36. The van der Waals surface area contributed by atoms with Gasteiger partial charge in [-0.15, -0.1) is 0 Å². The molecule has 0 unspecified atom stereocenters. The average molecular weight is 685 g/mol. The van der Waals surface area contributed by atoms with Crippen molar-refractivity contribution in [3.05, 3.63) is 122 Å². The van der Waals surface area contributed by atoms with E-state index in [4.69, 9.17) is 18.9 Å². The molecule has 266 valence electrons. The monoisotopic (exact) mass is 684 g/mol. The van der Waals surface area contributed by atoms with Crippen molar-refractivity contribution in [2.45, 2.75) is 71.9 Å². The first-order chi connectivity index (χ1) is 23.6. The van der Waals surface area contributed by atoms with Crippen molar-refractivity contribution in [3.63, 3.8) is 0 Å². The largest absolute Gasteiger partial charge is 0.507 e. The zero-order chi connectivity index (χ0) is 37.0. The molecule has 0 aliphatic rings. The van der Waals surface area contributed by atoms with Gasteiger partial charge in [0.25, 0.3) is 0 Å². The summed E-state index contributed by atoms with van der Waals surface area (Å²) in [7, 11) is 6.20. The lowest BCUT2D eigenvalue weighted by molar-refractivity contribution is 0.100. The molecule has 0 fully saturated rings. The highest BCUT2D eigenvalue weighted by atomic mass is 16.5. The maximum absolute atomic E-state index is 12.8. The van der Waals surface area contributed by atoms with Crippen LogP contribution in [0.15, 0.2) is 60.7 Å². The quantitative estimate of drug-likeness (QED) is 0.0862. The molecule has 0 saturated carbocycles. The maximum atomic E-state index is 12.8. The minimum atomic E-state index is -1.00. The molecule has 50 heavy (non-hydrogen) atoms. The predicted octanol–water partition coefficient (Wildman–Crippen LogP) is 7.47. The lowest BCUT2D eigenvalue weighted by Gasteiger charge is -2.35. The Morgan fingerprint density at radius 3 is 1.16 bits per heavy atom. The van der Waals surface area contributed by atoms with Crippen molar-refractivity contribution in [2.24, 2.45) is 0 Å². The van der Waals surface area contributed by atoms with Crippen LogP contribution in [0.4, 0.5) is 0 Å². The molecule has 0 saturated heterocycles. The van der Waals surface area contributed by atoms with Gasteiger partial charge in [0.1, 0.15) is 17.2 Å². The highest BCUT2D eigenvalue weighted by Crippen LogP contribution is 2.45. The number of hydrogen-bond acceptors (Lipinski definition) is 9. The van der Waals surface area contributed by atoms with E-state index in [-0.39, 0.29) is 66.4 Å². The number of ether oxygens (including phenoxy) is 4. The van der Waals surface area contributed by atoms with E-state index in [1.807, 2.05) is 55.5 Å². The first-order valence-electron chi connectivity index (χ1n) is 16.3. The number of carbonyl (C=O) groups excluding carboxylic acids is 2. The number of phenols is 3. The van der Waals surface area contributed by atoms with Gasteiger partial charge in [0, 0.05) is 61.5 Å². The lowest BCUT2D eigenvalue weighted by Crippen LogP contribution is -2.27. The molecule has 4 rings (SSSR count). The summed E-state index contributed by atoms with van der Waals surface area (Å²) in [5, 5.41) is 32.9. The first kappa shape index (κ1) is 38.3. The normalized spacial score (nSPS) is 11.9. The topological polar surface area (TPSA) is 132 Å². The Labute approximate surface area is 294 Å². The van der Waals surface area contributed by atoms with Gasteiger partial charge in [0.15, 0.2) is 11.6 Å². The van der Waals surface area contributed by atoms with Gasteiger partial charge in [-0.05, 0) is 85.0 Å². The Morgan fingerprint density at radius 1 is 0.500 bits per heavy atom. The fourth-order valence-corrected chi connectivity index (χ4v) is 6.57. The zero-order valence-corrected chi connectivity index (χ0v) is 30.4. The van der Waals surface area contributed by atoms with Crippen molar-refractivity contribution >= 4 is 11.6 Å². The standard InChI is InChI=1S/C41H48O9/c1-24(42)35-18-33(16-28(22-49-8)38(35)45)41(5,34-17-29(23-50-9)39(46)36(19-34)25(2)43)31-12-10-30(11-13-31)40(3,4)32-14-26(20-47-6)37(44)27(15-32)21-48-7/h10-19,44-46H,20-23H2,1-9H3. The third-order valence-corrected chi connectivity index (χ3v) is 9.66. The molecule has 0 bridgehead atoms. The van der Waals surface area contributed by atoms with Crippen LogP contribution >= 0.6 is 0 Å². The van der Waals surface area contributed by atoms with Crippen LogP contribution in [0.5, 0.6) is 17.2 Å². The molecule has 3 N–H and O–H groups in total. The number of ketones is 2. The summed E-state index contributed by atoms with van der Waals surface area (Å²) >= 11 is 0. The minimum Gasteiger partial charge on any atom is -0.507 e. The summed E-state index contributed by atoms with van der Waals surface area (Å²) < 4.78 is 21.5. The molecule has 4 aromatic rings. The van der Waals surface area contributed by atoms with E-state index < -0.39 is 10.8 Å². The molecule has 0 heterocycles. The van der Waals surface area contributed by atoms with Gasteiger partial charge in [0.05, 0.1) is 37.6 Å². The van der Waals surface area contributed by atoms with E-state index in [1.165, 1.54) is 28.1 Å². The molecule has 0 amide bonds. The third kappa shape index (κ3) is 7.32. The number of Topliss-reactive ketones (excluding diaryl/α,β-unsaturated/α-hetero) is 2. The number of methoxy groups -OCH3 is 4. The Morgan fingerprint density at radius 2 is 0.820 bits per heavy atom. The Hall–Kier alpha value is -4.54. The Kier molecular flexibility index (Phi) is 11.9. The van der Waals surface area contributed by atoms with E-state index in [9.17, 15) is 24.9 Å². The van der Waals surface area contributed by atoms with Gasteiger partial charge < -0.3 is 34.3 Å². The summed E-state index contributed by atoms with van der Waals surface area (Å²) in [5.74, 6) is -0.769.